The summed E-state index contributed by atoms with van der Waals surface area (Å²) < 4.78 is 10.3. The van der Waals surface area contributed by atoms with E-state index in [1.165, 1.54) is 11.8 Å². The first-order valence-corrected chi connectivity index (χ1v) is 4.25. The van der Waals surface area contributed by atoms with Crippen LogP contribution >= 0.6 is 0 Å². The fraction of sp³-hybridized carbons (Fsp3) is 0.273. The van der Waals surface area contributed by atoms with E-state index >= 15 is 0 Å². The van der Waals surface area contributed by atoms with E-state index in [1.807, 2.05) is 31.2 Å². The Morgan fingerprint density at radius 2 is 1.92 bits per heavy atom. The third-order valence-electron chi connectivity index (χ3n) is 1.61. The first-order valence-electron chi connectivity index (χ1n) is 4.25. The van der Waals surface area contributed by atoms with Crippen LogP contribution in [0.25, 0.3) is 0 Å². The molecule has 0 N–H and O–H groups in total. The highest BCUT2D eigenvalue weighted by molar-refractivity contribution is 5.26. The molecular formula is C11H14O2. The molecule has 13 heavy (non-hydrogen) atoms. The molecule has 0 fully saturated rings. The largest absolute Gasteiger partial charge is 0.498 e. The maximum atomic E-state index is 5.39. The number of hydrogen-bond acceptors (Lipinski definition) is 2. The molecule has 0 amide bonds. The van der Waals surface area contributed by atoms with Crippen molar-refractivity contribution in [2.24, 2.45) is 0 Å². The molecule has 1 aromatic rings. The summed E-state index contributed by atoms with van der Waals surface area (Å²) in [6.07, 6.45) is 1.42. The smallest absolute Gasteiger partial charge is 0.122 e. The van der Waals surface area contributed by atoms with Crippen molar-refractivity contribution in [1.82, 2.24) is 0 Å². The lowest BCUT2D eigenvalue weighted by molar-refractivity contribution is 0.179. The minimum atomic E-state index is 0.539. The summed E-state index contributed by atoms with van der Waals surface area (Å²) in [6.45, 7) is 6.58. The Balaban J connectivity index is 2.28. The van der Waals surface area contributed by atoms with Gasteiger partial charge in [-0.15, -0.1) is 0 Å². The van der Waals surface area contributed by atoms with Crippen LogP contribution in [0.3, 0.4) is 0 Å². The Bertz CT molecular complexity index is 251. The van der Waals surface area contributed by atoms with Crippen molar-refractivity contribution in [1.29, 1.82) is 0 Å². The minimum absolute atomic E-state index is 0.539. The summed E-state index contributed by atoms with van der Waals surface area (Å²) in [7, 11) is 0. The monoisotopic (exact) mass is 178 g/mol. The van der Waals surface area contributed by atoms with Gasteiger partial charge in [-0.1, -0.05) is 24.3 Å². The maximum Gasteiger partial charge on any atom is 0.122 e. The molecule has 0 bridgehead atoms. The molecule has 0 spiro atoms. The van der Waals surface area contributed by atoms with Crippen molar-refractivity contribution in [3.05, 3.63) is 42.7 Å². The highest BCUT2D eigenvalue weighted by atomic mass is 16.5. The molecule has 2 heteroatoms. The molecule has 0 aliphatic heterocycles. The van der Waals surface area contributed by atoms with Crippen molar-refractivity contribution < 1.29 is 9.47 Å². The molecule has 2 nitrogen and oxygen atoms in total. The molecule has 0 aliphatic rings. The third-order valence-corrected chi connectivity index (χ3v) is 1.61. The van der Waals surface area contributed by atoms with Crippen LogP contribution < -0.4 is 4.74 Å². The van der Waals surface area contributed by atoms with Crippen LogP contribution in [0.5, 0.6) is 5.75 Å². The summed E-state index contributed by atoms with van der Waals surface area (Å²) >= 11 is 0. The fourth-order valence-corrected chi connectivity index (χ4v) is 0.925. The van der Waals surface area contributed by atoms with Gasteiger partial charge in [0.25, 0.3) is 0 Å². The lowest BCUT2D eigenvalue weighted by Gasteiger charge is -2.05. The second kappa shape index (κ2) is 5.25. The van der Waals surface area contributed by atoms with Crippen LogP contribution in [-0.4, -0.2) is 13.2 Å². The van der Waals surface area contributed by atoms with Crippen molar-refractivity contribution in [2.75, 3.05) is 13.2 Å². The fourth-order valence-electron chi connectivity index (χ4n) is 0.925. The van der Waals surface area contributed by atoms with E-state index in [4.69, 9.17) is 9.47 Å². The number of benzene rings is 1. The number of hydrogen-bond donors (Lipinski definition) is 0. The second-order valence-corrected chi connectivity index (χ2v) is 2.70. The summed E-state index contributed by atoms with van der Waals surface area (Å²) in [6, 6.07) is 7.93. The zero-order valence-electron chi connectivity index (χ0n) is 7.82. The molecule has 70 valence electrons. The lowest BCUT2D eigenvalue weighted by atomic mass is 10.2. The zero-order valence-corrected chi connectivity index (χ0v) is 7.82. The molecule has 0 aromatic heterocycles. The van der Waals surface area contributed by atoms with E-state index in [0.717, 1.165) is 5.75 Å². The standard InChI is InChI=1S/C11H14O2/c1-3-12-8-9-13-11-6-4-10(2)5-7-11/h3-7H,1,8-9H2,2H3. The average Bonchev–Trinajstić information content (AvgIpc) is 2.15. The summed E-state index contributed by atoms with van der Waals surface area (Å²) in [5.41, 5.74) is 1.23. The second-order valence-electron chi connectivity index (χ2n) is 2.70. The van der Waals surface area contributed by atoms with E-state index < -0.39 is 0 Å². The first-order chi connectivity index (χ1) is 6.33. The van der Waals surface area contributed by atoms with Crippen molar-refractivity contribution in [3.8, 4) is 5.75 Å². The number of ether oxygens (including phenoxy) is 2. The van der Waals surface area contributed by atoms with Gasteiger partial charge in [-0.05, 0) is 19.1 Å². The lowest BCUT2D eigenvalue weighted by Crippen LogP contribution is -2.03. The van der Waals surface area contributed by atoms with E-state index in [9.17, 15) is 0 Å². The normalized spacial score (nSPS) is 9.31. The molecule has 1 rings (SSSR count). The van der Waals surface area contributed by atoms with Crippen LogP contribution in [0.15, 0.2) is 37.1 Å². The van der Waals surface area contributed by atoms with E-state index in [-0.39, 0.29) is 0 Å². The van der Waals surface area contributed by atoms with E-state index in [0.29, 0.717) is 13.2 Å². The summed E-state index contributed by atoms with van der Waals surface area (Å²) in [4.78, 5) is 0. The van der Waals surface area contributed by atoms with Crippen LogP contribution in [0, 0.1) is 6.92 Å². The van der Waals surface area contributed by atoms with Gasteiger partial charge in [-0.25, -0.2) is 0 Å². The average molecular weight is 178 g/mol. The number of rotatable bonds is 5. The van der Waals surface area contributed by atoms with Gasteiger partial charge >= 0.3 is 0 Å². The van der Waals surface area contributed by atoms with Crippen molar-refractivity contribution in [2.45, 2.75) is 6.92 Å². The highest BCUT2D eigenvalue weighted by Crippen LogP contribution is 2.10. The molecule has 0 saturated carbocycles. The Kier molecular flexibility index (Phi) is 3.89. The van der Waals surface area contributed by atoms with Gasteiger partial charge in [0, 0.05) is 0 Å². The molecule has 0 unspecified atom stereocenters. The van der Waals surface area contributed by atoms with Crippen molar-refractivity contribution in [3.63, 3.8) is 0 Å². The van der Waals surface area contributed by atoms with Gasteiger partial charge < -0.3 is 9.47 Å². The Hall–Kier alpha value is -1.44. The predicted octanol–water partition coefficient (Wildman–Crippen LogP) is 2.53. The molecular weight excluding hydrogens is 164 g/mol. The Morgan fingerprint density at radius 3 is 2.54 bits per heavy atom. The van der Waals surface area contributed by atoms with Gasteiger partial charge in [-0.2, -0.15) is 0 Å². The van der Waals surface area contributed by atoms with Gasteiger partial charge in [-0.3, -0.25) is 0 Å². The van der Waals surface area contributed by atoms with Gasteiger partial charge in [0.1, 0.15) is 19.0 Å². The van der Waals surface area contributed by atoms with Crippen LogP contribution in [0.1, 0.15) is 5.56 Å². The molecule has 0 aliphatic carbocycles. The van der Waals surface area contributed by atoms with E-state index in [1.54, 1.807) is 0 Å². The van der Waals surface area contributed by atoms with Crippen LogP contribution in [0.4, 0.5) is 0 Å². The van der Waals surface area contributed by atoms with Gasteiger partial charge in [0.2, 0.25) is 0 Å². The Morgan fingerprint density at radius 1 is 1.23 bits per heavy atom. The minimum Gasteiger partial charge on any atom is -0.498 e. The summed E-state index contributed by atoms with van der Waals surface area (Å²) in [5.74, 6) is 0.873. The molecule has 0 heterocycles. The molecule has 0 saturated heterocycles. The van der Waals surface area contributed by atoms with Crippen molar-refractivity contribution >= 4 is 0 Å². The van der Waals surface area contributed by atoms with E-state index in [2.05, 4.69) is 6.58 Å². The van der Waals surface area contributed by atoms with Gasteiger partial charge in [0.05, 0.1) is 6.26 Å². The predicted molar refractivity (Wildman–Crippen MR) is 52.8 cm³/mol. The third kappa shape index (κ3) is 3.65. The SMILES string of the molecule is C=COCCOc1ccc(C)cc1. The van der Waals surface area contributed by atoms with Crippen LogP contribution in [-0.2, 0) is 4.74 Å². The molecule has 1 aromatic carbocycles. The molecule has 0 atom stereocenters. The zero-order chi connectivity index (χ0) is 9.52. The maximum absolute atomic E-state index is 5.39. The van der Waals surface area contributed by atoms with Crippen LogP contribution in [0.2, 0.25) is 0 Å². The topological polar surface area (TPSA) is 18.5 Å². The van der Waals surface area contributed by atoms with Gasteiger partial charge in [0.15, 0.2) is 0 Å². The summed E-state index contributed by atoms with van der Waals surface area (Å²) in [5, 5.41) is 0. The first kappa shape index (κ1) is 9.65. The highest BCUT2D eigenvalue weighted by Gasteiger charge is 1.91. The number of aryl methyl sites for hydroxylation is 1. The molecule has 0 radical (unpaired) electrons. The quantitative estimate of drug-likeness (QED) is 0.509. The Labute approximate surface area is 78.8 Å².